The molecule has 0 fully saturated rings. The van der Waals surface area contributed by atoms with Gasteiger partial charge < -0.3 is 33.5 Å². The maximum atomic E-state index is 12.6. The lowest BCUT2D eigenvalue weighted by Gasteiger charge is -2.47. The quantitative estimate of drug-likeness (QED) is 0.0228. The lowest BCUT2D eigenvalue weighted by atomic mass is 9.70. The number of amides is 8. The normalized spacial score (nSPS) is 16.2. The number of rotatable bonds is 43. The van der Waals surface area contributed by atoms with Gasteiger partial charge in [0.2, 0.25) is 0 Å². The van der Waals surface area contributed by atoms with Gasteiger partial charge in [0.25, 0.3) is 47.3 Å². The second-order valence-corrected chi connectivity index (χ2v) is 18.4. The van der Waals surface area contributed by atoms with Crippen molar-refractivity contribution in [2.75, 3.05) is 99.4 Å². The first kappa shape index (κ1) is 62.2. The molecule has 420 valence electrons. The summed E-state index contributed by atoms with van der Waals surface area (Å²) in [6.07, 6.45) is 15.8. The highest BCUT2D eigenvalue weighted by Crippen LogP contribution is 2.41. The van der Waals surface area contributed by atoms with Crippen molar-refractivity contribution in [1.82, 2.24) is 19.6 Å². The number of carbonyl (C=O) groups excluding carboxylic acids is 11. The van der Waals surface area contributed by atoms with E-state index in [1.807, 2.05) is 0 Å². The SMILES string of the molecule is COOC(CO)(CCCCCN1C(=O)C=CC1=O)C(COCCOC(=O)CCCCCN1C(=O)C=CC1=O)(COCCOC(=O)CCCCCN1C(=O)C=CC1=O)COCCOC(=O)CCCCCN1C(=O)C=CC1=O. The Morgan fingerprint density at radius 2 is 0.684 bits per heavy atom. The molecule has 4 aliphatic rings. The van der Waals surface area contributed by atoms with Gasteiger partial charge in [-0.1, -0.05) is 32.1 Å². The minimum absolute atomic E-state index is 0.0782. The first-order valence-electron chi connectivity index (χ1n) is 25.8. The summed E-state index contributed by atoms with van der Waals surface area (Å²) in [5.74, 6) is -4.57. The fourth-order valence-corrected chi connectivity index (χ4v) is 8.62. The number of ether oxygens (including phenoxy) is 6. The molecule has 0 bridgehead atoms. The number of hydrogen-bond acceptors (Lipinski definition) is 20. The summed E-state index contributed by atoms with van der Waals surface area (Å²) in [5.41, 5.74) is -3.09. The van der Waals surface area contributed by atoms with E-state index in [1.54, 1.807) is 0 Å². The van der Waals surface area contributed by atoms with Gasteiger partial charge in [0, 0.05) is 94.0 Å². The van der Waals surface area contributed by atoms with E-state index in [0.29, 0.717) is 77.0 Å². The fraction of sp³-hybridized carbons (Fsp3) is 0.635. The number of carbonyl (C=O) groups is 11. The highest BCUT2D eigenvalue weighted by atomic mass is 17.2. The highest BCUT2D eigenvalue weighted by Gasteiger charge is 2.54. The molecule has 8 amide bonds. The summed E-state index contributed by atoms with van der Waals surface area (Å²) in [6, 6.07) is 0. The van der Waals surface area contributed by atoms with Crippen molar-refractivity contribution in [3.05, 3.63) is 48.6 Å². The molecule has 0 aromatic heterocycles. The van der Waals surface area contributed by atoms with E-state index >= 15 is 0 Å². The third kappa shape index (κ3) is 20.3. The van der Waals surface area contributed by atoms with Crippen LogP contribution in [-0.4, -0.2) is 195 Å². The van der Waals surface area contributed by atoms with Crippen LogP contribution in [0.2, 0.25) is 0 Å². The van der Waals surface area contributed by atoms with Crippen molar-refractivity contribution in [2.45, 2.75) is 108 Å². The number of aliphatic hydroxyl groups excluding tert-OH is 1. The van der Waals surface area contributed by atoms with Gasteiger partial charge in [-0.25, -0.2) is 9.78 Å². The fourth-order valence-electron chi connectivity index (χ4n) is 8.62. The van der Waals surface area contributed by atoms with Crippen molar-refractivity contribution in [1.29, 1.82) is 0 Å². The second-order valence-electron chi connectivity index (χ2n) is 18.4. The van der Waals surface area contributed by atoms with E-state index in [4.69, 9.17) is 38.2 Å². The Morgan fingerprint density at radius 3 is 0.947 bits per heavy atom. The molecule has 4 heterocycles. The lowest BCUT2D eigenvalue weighted by molar-refractivity contribution is -0.392. The molecule has 0 saturated heterocycles. The van der Waals surface area contributed by atoms with Crippen LogP contribution in [0, 0.1) is 5.41 Å². The molecule has 0 spiro atoms. The van der Waals surface area contributed by atoms with Crippen molar-refractivity contribution in [3.8, 4) is 0 Å². The molecular weight excluding hydrogens is 1000 g/mol. The van der Waals surface area contributed by atoms with Crippen molar-refractivity contribution < 1.29 is 96.0 Å². The molecule has 0 aromatic carbocycles. The molecule has 4 rings (SSSR count). The first-order valence-corrected chi connectivity index (χ1v) is 25.8. The van der Waals surface area contributed by atoms with Crippen LogP contribution in [0.3, 0.4) is 0 Å². The summed E-state index contributed by atoms with van der Waals surface area (Å²) >= 11 is 0. The number of hydrogen-bond donors (Lipinski definition) is 1. The number of aliphatic hydroxyl groups is 1. The van der Waals surface area contributed by atoms with Crippen LogP contribution in [-0.2, 0) is 90.9 Å². The monoisotopic (exact) mass is 1070 g/mol. The minimum Gasteiger partial charge on any atom is -0.463 e. The van der Waals surface area contributed by atoms with E-state index in [-0.39, 0.29) is 147 Å². The standard InChI is InChI=1S/C52H72N4O20/c1-69-76-52(36-57,25-9-5-13-29-56-46(64)23-24-47(56)65)51(37-70-30-33-73-48(66)14-6-2-10-26-53-40(58)17-18-41(53)59,38-71-31-34-74-49(67)15-7-3-11-27-54-42(60)19-20-43(54)61)39-72-32-35-75-50(68)16-8-4-12-28-55-44(62)21-22-45(55)63/h17-24,57H,2-16,25-39H2,1H3. The summed E-state index contributed by atoms with van der Waals surface area (Å²) < 4.78 is 34.7. The minimum atomic E-state index is -1.65. The van der Waals surface area contributed by atoms with Crippen LogP contribution in [0.1, 0.15) is 103 Å². The van der Waals surface area contributed by atoms with E-state index in [1.165, 1.54) is 55.7 Å². The van der Waals surface area contributed by atoms with Gasteiger partial charge in [-0.2, -0.15) is 0 Å². The average molecular weight is 1070 g/mol. The molecule has 24 nitrogen and oxygen atoms in total. The Labute approximate surface area is 441 Å². The Bertz CT molecular complexity index is 1910. The van der Waals surface area contributed by atoms with Crippen LogP contribution in [0.25, 0.3) is 0 Å². The van der Waals surface area contributed by atoms with Crippen molar-refractivity contribution in [3.63, 3.8) is 0 Å². The Balaban J connectivity index is 1.36. The van der Waals surface area contributed by atoms with E-state index in [0.717, 1.165) is 19.6 Å². The first-order chi connectivity index (χ1) is 36.7. The summed E-state index contributed by atoms with van der Waals surface area (Å²) in [6.45, 7) is -1.44. The van der Waals surface area contributed by atoms with E-state index in [2.05, 4.69) is 0 Å². The number of nitrogens with zero attached hydrogens (tertiary/aromatic N) is 4. The van der Waals surface area contributed by atoms with Crippen LogP contribution in [0.4, 0.5) is 0 Å². The number of esters is 3. The third-order valence-electron chi connectivity index (χ3n) is 12.9. The summed E-state index contributed by atoms with van der Waals surface area (Å²) in [5, 5.41) is 11.3. The van der Waals surface area contributed by atoms with Crippen LogP contribution >= 0.6 is 0 Å². The zero-order valence-corrected chi connectivity index (χ0v) is 43.3. The van der Waals surface area contributed by atoms with Crippen LogP contribution in [0.15, 0.2) is 48.6 Å². The molecule has 1 N–H and O–H groups in total. The van der Waals surface area contributed by atoms with E-state index in [9.17, 15) is 57.8 Å². The number of unbranched alkanes of at least 4 members (excludes halogenated alkanes) is 8. The van der Waals surface area contributed by atoms with Crippen molar-refractivity contribution >= 4 is 65.2 Å². The Kier molecular flexibility index (Phi) is 27.6. The molecule has 0 radical (unpaired) electrons. The Hall–Kier alpha value is -6.31. The van der Waals surface area contributed by atoms with Gasteiger partial charge in [0.15, 0.2) is 0 Å². The topological polar surface area (TPSA) is 295 Å². The maximum Gasteiger partial charge on any atom is 0.305 e. The molecular formula is C52H72N4O20. The molecule has 24 heteroatoms. The predicted molar refractivity (Wildman–Crippen MR) is 263 cm³/mol. The third-order valence-corrected chi connectivity index (χ3v) is 12.9. The molecule has 0 aliphatic carbocycles. The molecule has 76 heavy (non-hydrogen) atoms. The number of imide groups is 4. The summed E-state index contributed by atoms with van der Waals surface area (Å²) in [7, 11) is 1.25. The molecule has 1 unspecified atom stereocenters. The molecule has 0 aromatic rings. The molecule has 1 atom stereocenters. The van der Waals surface area contributed by atoms with Crippen LogP contribution < -0.4 is 0 Å². The van der Waals surface area contributed by atoms with Gasteiger partial charge >= 0.3 is 17.9 Å². The zero-order valence-electron chi connectivity index (χ0n) is 43.3. The summed E-state index contributed by atoms with van der Waals surface area (Å²) in [4.78, 5) is 149. The highest BCUT2D eigenvalue weighted by molar-refractivity contribution is 6.14. The van der Waals surface area contributed by atoms with Gasteiger partial charge in [-0.3, -0.25) is 72.3 Å². The van der Waals surface area contributed by atoms with Crippen molar-refractivity contribution in [2.24, 2.45) is 5.41 Å². The molecule has 4 aliphatic heterocycles. The largest absolute Gasteiger partial charge is 0.463 e. The van der Waals surface area contributed by atoms with Gasteiger partial charge in [-0.15, -0.1) is 0 Å². The van der Waals surface area contributed by atoms with Gasteiger partial charge in [-0.05, 0) is 51.4 Å². The second kappa shape index (κ2) is 33.7. The smallest absolute Gasteiger partial charge is 0.305 e. The maximum absolute atomic E-state index is 12.6. The average Bonchev–Trinajstić information content (AvgIpc) is 4.12. The van der Waals surface area contributed by atoms with Gasteiger partial charge in [0.05, 0.1) is 58.8 Å². The van der Waals surface area contributed by atoms with Crippen LogP contribution in [0.5, 0.6) is 0 Å². The van der Waals surface area contributed by atoms with Gasteiger partial charge in [0.1, 0.15) is 25.4 Å². The zero-order chi connectivity index (χ0) is 55.2. The van der Waals surface area contributed by atoms with E-state index < -0.39 is 47.3 Å². The Morgan fingerprint density at radius 1 is 0.408 bits per heavy atom. The lowest BCUT2D eigenvalue weighted by Crippen LogP contribution is -2.60. The predicted octanol–water partition coefficient (Wildman–Crippen LogP) is 1.90. The molecule has 0 saturated carbocycles.